The van der Waals surface area contributed by atoms with E-state index in [1.165, 1.54) is 28.1 Å². The molecule has 0 radical (unpaired) electrons. The summed E-state index contributed by atoms with van der Waals surface area (Å²) in [4.78, 5) is 7.57. The molecule has 144 valence electrons. The van der Waals surface area contributed by atoms with Crippen LogP contribution in [-0.2, 0) is 6.42 Å². The minimum absolute atomic E-state index is 0. The van der Waals surface area contributed by atoms with Gasteiger partial charge in [0.1, 0.15) is 5.82 Å². The van der Waals surface area contributed by atoms with Crippen LogP contribution in [0.25, 0.3) is 16.8 Å². The van der Waals surface area contributed by atoms with Gasteiger partial charge in [0, 0.05) is 29.4 Å². The lowest BCUT2D eigenvalue weighted by Gasteiger charge is -2.28. The molecule has 3 heterocycles. The van der Waals surface area contributed by atoms with E-state index in [9.17, 15) is 0 Å². The lowest BCUT2D eigenvalue weighted by atomic mass is 10.0. The SMILES string of the molecule is CCC(CC)N1CCc2c(C)nc3c(-c4ccccc4C)c(C)nn3c21.Cl. The maximum Gasteiger partial charge on any atom is 0.165 e. The first-order valence-corrected chi connectivity index (χ1v) is 9.78. The highest BCUT2D eigenvalue weighted by molar-refractivity contribution is 5.85. The molecule has 0 amide bonds. The highest BCUT2D eigenvalue weighted by atomic mass is 35.5. The summed E-state index contributed by atoms with van der Waals surface area (Å²) in [6, 6.07) is 9.09. The summed E-state index contributed by atoms with van der Waals surface area (Å²) in [5.74, 6) is 1.27. The summed E-state index contributed by atoms with van der Waals surface area (Å²) in [6.45, 7) is 12.1. The number of hydrogen-bond acceptors (Lipinski definition) is 3. The minimum Gasteiger partial charge on any atom is -0.353 e. The molecule has 0 saturated carbocycles. The van der Waals surface area contributed by atoms with E-state index in [1.807, 2.05) is 0 Å². The molecule has 0 saturated heterocycles. The quantitative estimate of drug-likeness (QED) is 0.612. The monoisotopic (exact) mass is 384 g/mol. The molecule has 0 unspecified atom stereocenters. The predicted molar refractivity (Wildman–Crippen MR) is 115 cm³/mol. The highest BCUT2D eigenvalue weighted by Gasteiger charge is 2.31. The first kappa shape index (κ1) is 19.7. The Morgan fingerprint density at radius 2 is 1.74 bits per heavy atom. The Kier molecular flexibility index (Phi) is 5.48. The van der Waals surface area contributed by atoms with Crippen molar-refractivity contribution in [3.63, 3.8) is 0 Å². The van der Waals surface area contributed by atoms with E-state index in [1.54, 1.807) is 0 Å². The van der Waals surface area contributed by atoms with Crippen LogP contribution in [0, 0.1) is 20.8 Å². The standard InChI is InChI=1S/C22H28N4.ClH/c1-6-17(7-2)25-13-12-19-15(4)23-21-20(16(5)24-26(21)22(19)25)18-11-9-8-10-14(18)3;/h8-11,17H,6-7,12-13H2,1-5H3;1H. The van der Waals surface area contributed by atoms with Crippen molar-refractivity contribution in [3.8, 4) is 11.1 Å². The van der Waals surface area contributed by atoms with Crippen LogP contribution in [0.1, 0.15) is 49.2 Å². The molecule has 0 atom stereocenters. The first-order chi connectivity index (χ1) is 12.6. The molecule has 0 bridgehead atoms. The molecule has 0 N–H and O–H groups in total. The van der Waals surface area contributed by atoms with Gasteiger partial charge in [0.2, 0.25) is 0 Å². The van der Waals surface area contributed by atoms with Gasteiger partial charge in [-0.05, 0) is 51.2 Å². The number of nitrogens with zero attached hydrogens (tertiary/aromatic N) is 4. The zero-order valence-electron chi connectivity index (χ0n) is 16.9. The number of aryl methyl sites for hydroxylation is 3. The van der Waals surface area contributed by atoms with Gasteiger partial charge >= 0.3 is 0 Å². The van der Waals surface area contributed by atoms with Crippen LogP contribution in [-0.4, -0.2) is 27.2 Å². The smallest absolute Gasteiger partial charge is 0.165 e. The molecule has 1 aromatic carbocycles. The third kappa shape index (κ3) is 3.00. The molecule has 2 aromatic heterocycles. The van der Waals surface area contributed by atoms with E-state index in [4.69, 9.17) is 10.1 Å². The van der Waals surface area contributed by atoms with E-state index < -0.39 is 0 Å². The van der Waals surface area contributed by atoms with Crippen molar-refractivity contribution in [2.75, 3.05) is 11.4 Å². The molecule has 4 rings (SSSR count). The molecule has 5 heteroatoms. The predicted octanol–water partition coefficient (Wildman–Crippen LogP) is 5.29. The van der Waals surface area contributed by atoms with Crippen LogP contribution in [0.3, 0.4) is 0 Å². The molecule has 3 aromatic rings. The Labute approximate surface area is 168 Å². The molecule has 4 nitrogen and oxygen atoms in total. The summed E-state index contributed by atoms with van der Waals surface area (Å²) in [5.41, 5.74) is 8.23. The summed E-state index contributed by atoms with van der Waals surface area (Å²) < 4.78 is 2.12. The third-order valence-electron chi connectivity index (χ3n) is 5.89. The van der Waals surface area contributed by atoms with E-state index in [0.29, 0.717) is 6.04 Å². The normalized spacial score (nSPS) is 13.3. The van der Waals surface area contributed by atoms with Crippen molar-refractivity contribution in [2.45, 2.75) is 59.9 Å². The summed E-state index contributed by atoms with van der Waals surface area (Å²) >= 11 is 0. The molecule has 27 heavy (non-hydrogen) atoms. The summed E-state index contributed by atoms with van der Waals surface area (Å²) in [6.07, 6.45) is 3.38. The number of hydrogen-bond donors (Lipinski definition) is 0. The molecule has 1 aliphatic heterocycles. The van der Waals surface area contributed by atoms with Crippen molar-refractivity contribution >= 4 is 23.9 Å². The highest BCUT2D eigenvalue weighted by Crippen LogP contribution is 2.37. The number of aromatic nitrogens is 3. The Hall–Kier alpha value is -2.07. The van der Waals surface area contributed by atoms with E-state index in [-0.39, 0.29) is 12.4 Å². The second-order valence-corrected chi connectivity index (χ2v) is 7.42. The Morgan fingerprint density at radius 1 is 1.04 bits per heavy atom. The van der Waals surface area contributed by atoms with Gasteiger partial charge in [0.05, 0.1) is 5.69 Å². The van der Waals surface area contributed by atoms with E-state index in [0.717, 1.165) is 42.8 Å². The van der Waals surface area contributed by atoms with Gasteiger partial charge in [-0.3, -0.25) is 0 Å². The van der Waals surface area contributed by atoms with Gasteiger partial charge in [-0.15, -0.1) is 12.4 Å². The fourth-order valence-corrected chi connectivity index (χ4v) is 4.46. The van der Waals surface area contributed by atoms with Crippen LogP contribution in [0.5, 0.6) is 0 Å². The third-order valence-corrected chi connectivity index (χ3v) is 5.89. The van der Waals surface area contributed by atoms with Crippen LogP contribution in [0.15, 0.2) is 24.3 Å². The first-order valence-electron chi connectivity index (χ1n) is 9.78. The molecule has 0 fully saturated rings. The van der Waals surface area contributed by atoms with Crippen molar-refractivity contribution in [2.24, 2.45) is 0 Å². The van der Waals surface area contributed by atoms with Crippen molar-refractivity contribution < 1.29 is 0 Å². The number of anilines is 1. The average molecular weight is 385 g/mol. The van der Waals surface area contributed by atoms with Crippen molar-refractivity contribution in [1.29, 1.82) is 0 Å². The van der Waals surface area contributed by atoms with Crippen LogP contribution >= 0.6 is 12.4 Å². The second kappa shape index (κ2) is 7.51. The van der Waals surface area contributed by atoms with Gasteiger partial charge in [-0.1, -0.05) is 38.1 Å². The summed E-state index contributed by atoms with van der Waals surface area (Å²) in [7, 11) is 0. The topological polar surface area (TPSA) is 33.4 Å². The maximum absolute atomic E-state index is 5.00. The average Bonchev–Trinajstić information content (AvgIpc) is 3.19. The van der Waals surface area contributed by atoms with Crippen LogP contribution in [0.4, 0.5) is 5.82 Å². The molecule has 0 spiro atoms. The van der Waals surface area contributed by atoms with Crippen LogP contribution < -0.4 is 4.90 Å². The Morgan fingerprint density at radius 3 is 2.41 bits per heavy atom. The molecular weight excluding hydrogens is 356 g/mol. The van der Waals surface area contributed by atoms with Crippen molar-refractivity contribution in [3.05, 3.63) is 46.8 Å². The molecular formula is C22H29ClN4. The molecule has 0 aliphatic carbocycles. The Bertz CT molecular complexity index is 972. The van der Waals surface area contributed by atoms with Gasteiger partial charge in [-0.2, -0.15) is 9.61 Å². The zero-order valence-corrected chi connectivity index (χ0v) is 17.7. The van der Waals surface area contributed by atoms with Gasteiger partial charge in [0.25, 0.3) is 0 Å². The summed E-state index contributed by atoms with van der Waals surface area (Å²) in [5, 5.41) is 4.96. The van der Waals surface area contributed by atoms with Gasteiger partial charge in [0.15, 0.2) is 5.65 Å². The number of fused-ring (bicyclic) bond motifs is 3. The lowest BCUT2D eigenvalue weighted by molar-refractivity contribution is 0.563. The molecule has 1 aliphatic rings. The van der Waals surface area contributed by atoms with Gasteiger partial charge < -0.3 is 4.90 Å². The number of rotatable bonds is 4. The zero-order chi connectivity index (χ0) is 18.4. The lowest BCUT2D eigenvalue weighted by Crippen LogP contribution is -2.34. The maximum atomic E-state index is 5.00. The largest absolute Gasteiger partial charge is 0.353 e. The number of halogens is 1. The van der Waals surface area contributed by atoms with Crippen LogP contribution in [0.2, 0.25) is 0 Å². The Balaban J connectivity index is 0.00000210. The van der Waals surface area contributed by atoms with E-state index in [2.05, 4.69) is 68.3 Å². The fraction of sp³-hybridized carbons (Fsp3) is 0.455. The van der Waals surface area contributed by atoms with Crippen molar-refractivity contribution in [1.82, 2.24) is 14.6 Å². The van der Waals surface area contributed by atoms with E-state index >= 15 is 0 Å². The number of benzene rings is 1. The second-order valence-electron chi connectivity index (χ2n) is 7.42. The van der Waals surface area contributed by atoms with Gasteiger partial charge in [-0.25, -0.2) is 4.98 Å². The minimum atomic E-state index is 0. The fourth-order valence-electron chi connectivity index (χ4n) is 4.46.